The molecule has 4 rings (SSSR count). The molecule has 2 aromatic carbocycles. The molecule has 2 aliphatic rings. The van der Waals surface area contributed by atoms with Crippen molar-refractivity contribution < 1.29 is 14.0 Å². The smallest absolute Gasteiger partial charge is 0.322 e. The van der Waals surface area contributed by atoms with E-state index in [0.717, 1.165) is 18.4 Å². The van der Waals surface area contributed by atoms with E-state index in [-0.39, 0.29) is 11.6 Å². The van der Waals surface area contributed by atoms with Gasteiger partial charge in [-0.2, -0.15) is 0 Å². The number of hydrogen-bond donors (Lipinski definition) is 1. The van der Waals surface area contributed by atoms with Crippen molar-refractivity contribution in [1.29, 1.82) is 0 Å². The number of halogens is 1. The monoisotopic (exact) mass is 381 g/mol. The molecule has 0 aromatic heterocycles. The molecule has 6 heteroatoms. The molecule has 1 spiro atoms. The van der Waals surface area contributed by atoms with Crippen LogP contribution in [0.2, 0.25) is 0 Å². The lowest BCUT2D eigenvalue weighted by atomic mass is 9.85. The van der Waals surface area contributed by atoms with Crippen LogP contribution in [0.4, 0.5) is 14.9 Å². The van der Waals surface area contributed by atoms with Gasteiger partial charge < -0.3 is 15.1 Å². The van der Waals surface area contributed by atoms with Gasteiger partial charge in [-0.1, -0.05) is 42.5 Å². The minimum absolute atomic E-state index is 0.00351. The summed E-state index contributed by atoms with van der Waals surface area (Å²) >= 11 is 0. The van der Waals surface area contributed by atoms with Crippen molar-refractivity contribution in [3.8, 4) is 0 Å². The van der Waals surface area contributed by atoms with Gasteiger partial charge in [0.05, 0.1) is 5.69 Å². The summed E-state index contributed by atoms with van der Waals surface area (Å²) in [6.45, 7) is 1.74. The van der Waals surface area contributed by atoms with E-state index >= 15 is 0 Å². The molecule has 1 N–H and O–H groups in total. The Morgan fingerprint density at radius 3 is 2.43 bits per heavy atom. The molecule has 2 aromatic rings. The van der Waals surface area contributed by atoms with Gasteiger partial charge in [0.2, 0.25) is 5.91 Å². The number of rotatable bonds is 3. The lowest BCUT2D eigenvalue weighted by molar-refractivity contribution is -0.146. The number of para-hydroxylation sites is 1. The zero-order valence-corrected chi connectivity index (χ0v) is 15.7. The summed E-state index contributed by atoms with van der Waals surface area (Å²) in [5, 5.41) is 2.65. The Labute approximate surface area is 164 Å². The van der Waals surface area contributed by atoms with Crippen molar-refractivity contribution in [1.82, 2.24) is 9.80 Å². The first-order valence-corrected chi connectivity index (χ1v) is 9.77. The number of anilines is 1. The van der Waals surface area contributed by atoms with Gasteiger partial charge in [-0.3, -0.25) is 4.79 Å². The fraction of sp³-hybridized carbons (Fsp3) is 0.364. The number of likely N-dealkylation sites (tertiary alicyclic amines) is 2. The van der Waals surface area contributed by atoms with Crippen LogP contribution >= 0.6 is 0 Å². The number of hydrogen-bond acceptors (Lipinski definition) is 2. The Balaban J connectivity index is 1.54. The van der Waals surface area contributed by atoms with Gasteiger partial charge in [0.25, 0.3) is 0 Å². The number of amides is 3. The fourth-order valence-electron chi connectivity index (χ4n) is 4.42. The molecule has 28 heavy (non-hydrogen) atoms. The van der Waals surface area contributed by atoms with Crippen molar-refractivity contribution in [2.24, 2.45) is 0 Å². The Bertz CT molecular complexity index is 873. The second kappa shape index (κ2) is 7.62. The SMILES string of the molecule is O=C(Nc1ccccc1F)N1CCCC12CCCN(Cc1ccccc1)C2=O. The van der Waals surface area contributed by atoms with Gasteiger partial charge in [-0.25, -0.2) is 9.18 Å². The topological polar surface area (TPSA) is 52.7 Å². The lowest BCUT2D eigenvalue weighted by Crippen LogP contribution is -2.61. The van der Waals surface area contributed by atoms with Gasteiger partial charge in [0.1, 0.15) is 11.4 Å². The predicted octanol–water partition coefficient (Wildman–Crippen LogP) is 4.01. The molecule has 0 aliphatic carbocycles. The number of carbonyl (C=O) groups excluding carboxylic acids is 2. The number of nitrogens with zero attached hydrogens (tertiary/aromatic N) is 2. The molecule has 0 radical (unpaired) electrons. The van der Waals surface area contributed by atoms with E-state index < -0.39 is 17.4 Å². The average Bonchev–Trinajstić information content (AvgIpc) is 3.13. The minimum Gasteiger partial charge on any atom is -0.336 e. The standard InChI is InChI=1S/C22H24FN3O2/c23-18-10-4-5-11-19(18)24-21(28)26-15-7-13-22(26)12-6-14-25(20(22)27)16-17-8-2-1-3-9-17/h1-5,8-11H,6-7,12-16H2,(H,24,28). The molecular weight excluding hydrogens is 357 g/mol. The number of carbonyl (C=O) groups is 2. The highest BCUT2D eigenvalue weighted by Gasteiger charge is 2.52. The van der Waals surface area contributed by atoms with E-state index in [2.05, 4.69) is 5.32 Å². The van der Waals surface area contributed by atoms with Crippen molar-refractivity contribution in [2.45, 2.75) is 37.8 Å². The van der Waals surface area contributed by atoms with Gasteiger partial charge in [0, 0.05) is 19.6 Å². The van der Waals surface area contributed by atoms with Crippen LogP contribution in [0.3, 0.4) is 0 Å². The highest BCUT2D eigenvalue weighted by molar-refractivity contribution is 5.97. The van der Waals surface area contributed by atoms with E-state index in [0.29, 0.717) is 32.5 Å². The van der Waals surface area contributed by atoms with Crippen LogP contribution in [-0.2, 0) is 11.3 Å². The summed E-state index contributed by atoms with van der Waals surface area (Å²) in [5.74, 6) is -0.478. The molecule has 146 valence electrons. The Kier molecular flexibility index (Phi) is 5.03. The molecule has 5 nitrogen and oxygen atoms in total. The summed E-state index contributed by atoms with van der Waals surface area (Å²) in [6.07, 6.45) is 2.93. The predicted molar refractivity (Wildman–Crippen MR) is 105 cm³/mol. The minimum atomic E-state index is -0.817. The van der Waals surface area contributed by atoms with Crippen LogP contribution in [0, 0.1) is 5.82 Å². The lowest BCUT2D eigenvalue weighted by Gasteiger charge is -2.44. The van der Waals surface area contributed by atoms with Crippen LogP contribution in [0.25, 0.3) is 0 Å². The number of benzene rings is 2. The number of nitrogens with one attached hydrogen (secondary N) is 1. The maximum Gasteiger partial charge on any atom is 0.322 e. The normalized spacial score (nSPS) is 22.0. The van der Waals surface area contributed by atoms with E-state index in [1.54, 1.807) is 17.0 Å². The Hall–Kier alpha value is -2.89. The summed E-state index contributed by atoms with van der Waals surface area (Å²) in [7, 11) is 0. The molecule has 2 saturated heterocycles. The molecule has 2 aliphatic heterocycles. The highest BCUT2D eigenvalue weighted by atomic mass is 19.1. The largest absolute Gasteiger partial charge is 0.336 e. The zero-order valence-electron chi connectivity index (χ0n) is 15.7. The van der Waals surface area contributed by atoms with E-state index in [1.165, 1.54) is 12.1 Å². The van der Waals surface area contributed by atoms with Crippen LogP contribution in [0.15, 0.2) is 54.6 Å². The number of piperidine rings is 1. The molecule has 2 fully saturated rings. The molecule has 1 unspecified atom stereocenters. The van der Waals surface area contributed by atoms with Crippen LogP contribution < -0.4 is 5.32 Å². The second-order valence-corrected chi connectivity index (χ2v) is 7.51. The van der Waals surface area contributed by atoms with E-state index in [9.17, 15) is 14.0 Å². The highest BCUT2D eigenvalue weighted by Crippen LogP contribution is 2.39. The maximum atomic E-state index is 13.9. The van der Waals surface area contributed by atoms with Crippen molar-refractivity contribution >= 4 is 17.6 Å². The Morgan fingerprint density at radius 2 is 1.68 bits per heavy atom. The zero-order chi connectivity index (χ0) is 19.6. The first kappa shape index (κ1) is 18.5. The summed E-state index contributed by atoms with van der Waals surface area (Å²) in [6, 6.07) is 15.6. The van der Waals surface area contributed by atoms with Crippen molar-refractivity contribution in [3.63, 3.8) is 0 Å². The summed E-state index contributed by atoms with van der Waals surface area (Å²) < 4.78 is 13.9. The number of urea groups is 1. The molecule has 2 heterocycles. The quantitative estimate of drug-likeness (QED) is 0.873. The average molecular weight is 381 g/mol. The first-order valence-electron chi connectivity index (χ1n) is 9.77. The maximum absolute atomic E-state index is 13.9. The van der Waals surface area contributed by atoms with Crippen molar-refractivity contribution in [2.75, 3.05) is 18.4 Å². The summed E-state index contributed by atoms with van der Waals surface area (Å²) in [5.41, 5.74) is 0.398. The third-order valence-corrected chi connectivity index (χ3v) is 5.77. The molecule has 3 amide bonds. The molecule has 1 atom stereocenters. The molecule has 0 bridgehead atoms. The van der Waals surface area contributed by atoms with Crippen molar-refractivity contribution in [3.05, 3.63) is 66.0 Å². The van der Waals surface area contributed by atoms with Gasteiger partial charge in [-0.05, 0) is 43.4 Å². The Morgan fingerprint density at radius 1 is 1.00 bits per heavy atom. The second-order valence-electron chi connectivity index (χ2n) is 7.51. The third-order valence-electron chi connectivity index (χ3n) is 5.77. The van der Waals surface area contributed by atoms with E-state index in [1.807, 2.05) is 35.2 Å². The van der Waals surface area contributed by atoms with Crippen LogP contribution in [0.5, 0.6) is 0 Å². The van der Waals surface area contributed by atoms with E-state index in [4.69, 9.17) is 0 Å². The van der Waals surface area contributed by atoms with Gasteiger partial charge in [-0.15, -0.1) is 0 Å². The first-order chi connectivity index (χ1) is 13.6. The molecular formula is C22H24FN3O2. The van der Waals surface area contributed by atoms with Gasteiger partial charge >= 0.3 is 6.03 Å². The third kappa shape index (κ3) is 3.35. The molecule has 0 saturated carbocycles. The fourth-order valence-corrected chi connectivity index (χ4v) is 4.42. The van der Waals surface area contributed by atoms with Crippen LogP contribution in [-0.4, -0.2) is 40.4 Å². The van der Waals surface area contributed by atoms with Crippen LogP contribution in [0.1, 0.15) is 31.2 Å². The van der Waals surface area contributed by atoms with Gasteiger partial charge in [0.15, 0.2) is 0 Å². The summed E-state index contributed by atoms with van der Waals surface area (Å²) in [4.78, 5) is 29.8.